The van der Waals surface area contributed by atoms with E-state index >= 15 is 0 Å². The highest BCUT2D eigenvalue weighted by Gasteiger charge is 2.18. The molecule has 0 saturated carbocycles. The molecule has 1 amide bonds. The first-order valence-corrected chi connectivity index (χ1v) is 7.97. The summed E-state index contributed by atoms with van der Waals surface area (Å²) in [5, 5.41) is 0. The molecular weight excluding hydrogens is 302 g/mol. The zero-order valence-corrected chi connectivity index (χ0v) is 14.0. The van der Waals surface area contributed by atoms with E-state index in [0.29, 0.717) is 18.0 Å². The topological polar surface area (TPSA) is 38.8 Å². The first-order valence-electron chi connectivity index (χ1n) is 7.97. The van der Waals surface area contributed by atoms with Gasteiger partial charge in [-0.05, 0) is 35.8 Å². The van der Waals surface area contributed by atoms with E-state index in [0.717, 1.165) is 18.5 Å². The number of hydrogen-bond donors (Lipinski definition) is 0. The molecule has 1 aliphatic rings. The van der Waals surface area contributed by atoms with E-state index in [-0.39, 0.29) is 5.91 Å². The third kappa shape index (κ3) is 3.27. The van der Waals surface area contributed by atoms with Crippen molar-refractivity contribution in [2.45, 2.75) is 13.0 Å². The molecular formula is C20H21NO3. The number of fused-ring (bicyclic) bond motifs is 1. The molecule has 2 aromatic rings. The molecule has 0 bridgehead atoms. The van der Waals surface area contributed by atoms with Crippen LogP contribution in [0.4, 0.5) is 0 Å². The van der Waals surface area contributed by atoms with Crippen molar-refractivity contribution < 1.29 is 14.3 Å². The molecule has 1 aliphatic heterocycles. The van der Waals surface area contributed by atoms with Crippen molar-refractivity contribution in [2.24, 2.45) is 0 Å². The SMILES string of the molecule is COc1cccc(OC)c1/C=C/C(=O)N1CCc2ccccc2C1. The maximum atomic E-state index is 12.5. The van der Waals surface area contributed by atoms with Crippen LogP contribution in [-0.2, 0) is 17.8 Å². The van der Waals surface area contributed by atoms with Gasteiger partial charge in [0.2, 0.25) is 5.91 Å². The smallest absolute Gasteiger partial charge is 0.246 e. The van der Waals surface area contributed by atoms with Crippen molar-refractivity contribution in [3.63, 3.8) is 0 Å². The van der Waals surface area contributed by atoms with Crippen LogP contribution < -0.4 is 9.47 Å². The quantitative estimate of drug-likeness (QED) is 0.810. The van der Waals surface area contributed by atoms with Gasteiger partial charge < -0.3 is 14.4 Å². The number of hydrogen-bond acceptors (Lipinski definition) is 3. The zero-order chi connectivity index (χ0) is 16.9. The number of rotatable bonds is 4. The van der Waals surface area contributed by atoms with Gasteiger partial charge in [0.1, 0.15) is 11.5 Å². The molecule has 3 rings (SSSR count). The van der Waals surface area contributed by atoms with Crippen LogP contribution in [0.3, 0.4) is 0 Å². The minimum atomic E-state index is -0.00235. The minimum Gasteiger partial charge on any atom is -0.496 e. The highest BCUT2D eigenvalue weighted by atomic mass is 16.5. The monoisotopic (exact) mass is 323 g/mol. The third-order valence-electron chi connectivity index (χ3n) is 4.30. The van der Waals surface area contributed by atoms with Crippen LogP contribution in [0.5, 0.6) is 11.5 Å². The van der Waals surface area contributed by atoms with Gasteiger partial charge in [-0.25, -0.2) is 0 Å². The van der Waals surface area contributed by atoms with Crippen molar-refractivity contribution in [3.05, 3.63) is 65.2 Å². The van der Waals surface area contributed by atoms with Crippen molar-refractivity contribution >= 4 is 12.0 Å². The zero-order valence-electron chi connectivity index (χ0n) is 14.0. The van der Waals surface area contributed by atoms with Gasteiger partial charge in [0.05, 0.1) is 19.8 Å². The number of nitrogens with zero attached hydrogens (tertiary/aromatic N) is 1. The molecule has 0 atom stereocenters. The van der Waals surface area contributed by atoms with Gasteiger partial charge in [-0.3, -0.25) is 4.79 Å². The highest BCUT2D eigenvalue weighted by Crippen LogP contribution is 2.29. The first kappa shape index (κ1) is 16.1. The average molecular weight is 323 g/mol. The van der Waals surface area contributed by atoms with Crippen LogP contribution in [0.1, 0.15) is 16.7 Å². The number of carbonyl (C=O) groups excluding carboxylic acids is 1. The average Bonchev–Trinajstić information content (AvgIpc) is 2.65. The largest absolute Gasteiger partial charge is 0.496 e. The van der Waals surface area contributed by atoms with E-state index in [1.165, 1.54) is 11.1 Å². The molecule has 124 valence electrons. The molecule has 1 heterocycles. The molecule has 0 aromatic heterocycles. The fourth-order valence-electron chi connectivity index (χ4n) is 2.99. The lowest BCUT2D eigenvalue weighted by Gasteiger charge is -2.27. The lowest BCUT2D eigenvalue weighted by molar-refractivity contribution is -0.126. The van der Waals surface area contributed by atoms with E-state index in [1.807, 2.05) is 35.2 Å². The first-order chi connectivity index (χ1) is 11.7. The van der Waals surface area contributed by atoms with Gasteiger partial charge in [-0.1, -0.05) is 30.3 Å². The Morgan fingerprint density at radius 1 is 1.00 bits per heavy atom. The van der Waals surface area contributed by atoms with Gasteiger partial charge in [-0.2, -0.15) is 0 Å². The Morgan fingerprint density at radius 3 is 2.33 bits per heavy atom. The summed E-state index contributed by atoms with van der Waals surface area (Å²) in [4.78, 5) is 14.4. The summed E-state index contributed by atoms with van der Waals surface area (Å²) < 4.78 is 10.7. The lowest BCUT2D eigenvalue weighted by atomic mass is 10.00. The molecule has 24 heavy (non-hydrogen) atoms. The second kappa shape index (κ2) is 7.21. The summed E-state index contributed by atoms with van der Waals surface area (Å²) >= 11 is 0. The third-order valence-corrected chi connectivity index (χ3v) is 4.30. The highest BCUT2D eigenvalue weighted by molar-refractivity contribution is 5.92. The number of benzene rings is 2. The second-order valence-electron chi connectivity index (χ2n) is 5.69. The molecule has 4 nitrogen and oxygen atoms in total. The molecule has 0 saturated heterocycles. The normalized spacial score (nSPS) is 13.7. The molecule has 0 spiro atoms. The Balaban J connectivity index is 1.77. The molecule has 0 radical (unpaired) electrons. The van der Waals surface area contributed by atoms with Crippen LogP contribution in [0.15, 0.2) is 48.5 Å². The van der Waals surface area contributed by atoms with E-state index in [2.05, 4.69) is 12.1 Å². The van der Waals surface area contributed by atoms with Crippen molar-refractivity contribution in [1.29, 1.82) is 0 Å². The molecule has 2 aromatic carbocycles. The Bertz CT molecular complexity index is 745. The summed E-state index contributed by atoms with van der Waals surface area (Å²) in [6.45, 7) is 1.39. The molecule has 0 N–H and O–H groups in total. The number of amides is 1. The van der Waals surface area contributed by atoms with Gasteiger partial charge in [0, 0.05) is 19.2 Å². The van der Waals surface area contributed by atoms with E-state index in [9.17, 15) is 4.79 Å². The number of ether oxygens (including phenoxy) is 2. The summed E-state index contributed by atoms with van der Waals surface area (Å²) in [7, 11) is 3.21. The summed E-state index contributed by atoms with van der Waals surface area (Å²) in [5.74, 6) is 1.36. The van der Waals surface area contributed by atoms with Gasteiger partial charge >= 0.3 is 0 Å². The maximum absolute atomic E-state index is 12.5. The second-order valence-corrected chi connectivity index (χ2v) is 5.69. The van der Waals surface area contributed by atoms with E-state index in [4.69, 9.17) is 9.47 Å². The summed E-state index contributed by atoms with van der Waals surface area (Å²) in [5.41, 5.74) is 3.32. The predicted molar refractivity (Wildman–Crippen MR) is 94.1 cm³/mol. The fourth-order valence-corrected chi connectivity index (χ4v) is 2.99. The van der Waals surface area contributed by atoms with E-state index < -0.39 is 0 Å². The standard InChI is InChI=1S/C20H21NO3/c1-23-18-8-5-9-19(24-2)17(18)10-11-20(22)21-13-12-15-6-3-4-7-16(15)14-21/h3-11H,12-14H2,1-2H3/b11-10+. The molecule has 0 fully saturated rings. The van der Waals surface area contributed by atoms with E-state index in [1.54, 1.807) is 26.4 Å². The van der Waals surface area contributed by atoms with Crippen LogP contribution in [0.25, 0.3) is 6.08 Å². The van der Waals surface area contributed by atoms with Crippen molar-refractivity contribution in [3.8, 4) is 11.5 Å². The lowest BCUT2D eigenvalue weighted by Crippen LogP contribution is -2.34. The summed E-state index contributed by atoms with van der Waals surface area (Å²) in [6, 6.07) is 13.8. The van der Waals surface area contributed by atoms with Crippen LogP contribution in [-0.4, -0.2) is 31.6 Å². The molecule has 0 unspecified atom stereocenters. The predicted octanol–water partition coefficient (Wildman–Crippen LogP) is 3.30. The van der Waals surface area contributed by atoms with Gasteiger partial charge in [0.25, 0.3) is 0 Å². The Hall–Kier alpha value is -2.75. The van der Waals surface area contributed by atoms with Crippen molar-refractivity contribution in [2.75, 3.05) is 20.8 Å². The maximum Gasteiger partial charge on any atom is 0.246 e. The van der Waals surface area contributed by atoms with Gasteiger partial charge in [-0.15, -0.1) is 0 Å². The molecule has 0 aliphatic carbocycles. The fraction of sp³-hybridized carbons (Fsp3) is 0.250. The van der Waals surface area contributed by atoms with Crippen LogP contribution >= 0.6 is 0 Å². The number of methoxy groups -OCH3 is 2. The minimum absolute atomic E-state index is 0.00235. The Kier molecular flexibility index (Phi) is 4.85. The summed E-state index contributed by atoms with van der Waals surface area (Å²) in [6.07, 6.45) is 4.25. The Morgan fingerprint density at radius 2 is 1.67 bits per heavy atom. The van der Waals surface area contributed by atoms with Crippen molar-refractivity contribution in [1.82, 2.24) is 4.90 Å². The van der Waals surface area contributed by atoms with Crippen LogP contribution in [0, 0.1) is 0 Å². The van der Waals surface area contributed by atoms with Gasteiger partial charge in [0.15, 0.2) is 0 Å². The molecule has 4 heteroatoms. The van der Waals surface area contributed by atoms with Crippen LogP contribution in [0.2, 0.25) is 0 Å². The number of carbonyl (C=O) groups is 1. The Labute approximate surface area is 142 Å².